The maximum atomic E-state index is 12.5. The Bertz CT molecular complexity index is 974. The molecule has 2 N–H and O–H groups in total. The average molecular weight is 380 g/mol. The molecular weight excluding hydrogens is 362 g/mol. The van der Waals surface area contributed by atoms with E-state index < -0.39 is 0 Å². The molecule has 0 aliphatic heterocycles. The molecule has 27 heavy (non-hydrogen) atoms. The van der Waals surface area contributed by atoms with Crippen molar-refractivity contribution in [1.82, 2.24) is 10.3 Å². The van der Waals surface area contributed by atoms with E-state index in [0.29, 0.717) is 28.4 Å². The predicted molar refractivity (Wildman–Crippen MR) is 106 cm³/mol. The molecule has 1 aromatic heterocycles. The Hall–Kier alpha value is -3.18. The Morgan fingerprint density at radius 2 is 1.63 bits per heavy atom. The molecular formula is C21H18ClN3O2. The van der Waals surface area contributed by atoms with Crippen LogP contribution in [0.5, 0.6) is 0 Å². The third kappa shape index (κ3) is 4.71. The van der Waals surface area contributed by atoms with Gasteiger partial charge in [-0.2, -0.15) is 0 Å². The summed E-state index contributed by atoms with van der Waals surface area (Å²) in [5, 5.41) is 6.24. The zero-order valence-corrected chi connectivity index (χ0v) is 15.5. The third-order valence-electron chi connectivity index (χ3n) is 4.11. The van der Waals surface area contributed by atoms with Crippen molar-refractivity contribution in [3.05, 3.63) is 94.3 Å². The lowest BCUT2D eigenvalue weighted by Gasteiger charge is -2.10. The van der Waals surface area contributed by atoms with Crippen molar-refractivity contribution < 1.29 is 9.59 Å². The van der Waals surface area contributed by atoms with Crippen molar-refractivity contribution >= 4 is 29.1 Å². The highest BCUT2D eigenvalue weighted by molar-refractivity contribution is 6.31. The number of benzene rings is 2. The number of rotatable bonds is 5. The number of nitrogens with zero attached hydrogens (tertiary/aromatic N) is 1. The first-order valence-corrected chi connectivity index (χ1v) is 8.76. The van der Waals surface area contributed by atoms with Crippen LogP contribution in [0.1, 0.15) is 31.8 Å². The van der Waals surface area contributed by atoms with Gasteiger partial charge < -0.3 is 10.6 Å². The lowest BCUT2D eigenvalue weighted by atomic mass is 10.1. The highest BCUT2D eigenvalue weighted by Gasteiger charge is 2.12. The number of carbonyl (C=O) groups excluding carboxylic acids is 2. The average Bonchev–Trinajstić information content (AvgIpc) is 2.70. The van der Waals surface area contributed by atoms with Crippen LogP contribution >= 0.6 is 11.6 Å². The Balaban J connectivity index is 1.70. The van der Waals surface area contributed by atoms with Gasteiger partial charge in [0.2, 0.25) is 0 Å². The largest absolute Gasteiger partial charge is 0.348 e. The fourth-order valence-electron chi connectivity index (χ4n) is 2.52. The Morgan fingerprint density at radius 3 is 2.37 bits per heavy atom. The van der Waals surface area contributed by atoms with E-state index in [4.69, 9.17) is 11.6 Å². The highest BCUT2D eigenvalue weighted by Crippen LogP contribution is 2.23. The maximum absolute atomic E-state index is 12.5. The van der Waals surface area contributed by atoms with E-state index in [1.807, 2.05) is 19.1 Å². The number of anilines is 1. The van der Waals surface area contributed by atoms with Gasteiger partial charge in [-0.1, -0.05) is 23.7 Å². The number of hydrogen-bond acceptors (Lipinski definition) is 3. The number of carbonyl (C=O) groups is 2. The van der Waals surface area contributed by atoms with E-state index in [2.05, 4.69) is 15.6 Å². The standard InChI is InChI=1S/C21H18ClN3O2/c1-14-18(22)6-3-7-19(14)25-21(27)17-5-2-4-16(12-17)20(26)24-13-15-8-10-23-11-9-15/h2-12H,13H2,1H3,(H,24,26)(H,25,27). The first-order chi connectivity index (χ1) is 13.0. The Morgan fingerprint density at radius 1 is 0.963 bits per heavy atom. The summed E-state index contributed by atoms with van der Waals surface area (Å²) >= 11 is 6.09. The quantitative estimate of drug-likeness (QED) is 0.697. The molecule has 0 saturated carbocycles. The van der Waals surface area contributed by atoms with E-state index in [9.17, 15) is 9.59 Å². The fourth-order valence-corrected chi connectivity index (χ4v) is 2.70. The zero-order chi connectivity index (χ0) is 19.2. The molecule has 5 nitrogen and oxygen atoms in total. The summed E-state index contributed by atoms with van der Waals surface area (Å²) in [6.07, 6.45) is 3.34. The summed E-state index contributed by atoms with van der Waals surface area (Å²) in [4.78, 5) is 28.9. The summed E-state index contributed by atoms with van der Waals surface area (Å²) in [6.45, 7) is 2.22. The van der Waals surface area contributed by atoms with Crippen LogP contribution in [0, 0.1) is 6.92 Å². The first-order valence-electron chi connectivity index (χ1n) is 8.38. The van der Waals surface area contributed by atoms with E-state index in [0.717, 1.165) is 11.1 Å². The molecule has 3 rings (SSSR count). The number of nitrogens with one attached hydrogen (secondary N) is 2. The van der Waals surface area contributed by atoms with Gasteiger partial charge in [-0.3, -0.25) is 14.6 Å². The summed E-state index contributed by atoms with van der Waals surface area (Å²) in [5.41, 5.74) is 3.19. The number of amides is 2. The van der Waals surface area contributed by atoms with E-state index >= 15 is 0 Å². The molecule has 0 aliphatic rings. The minimum absolute atomic E-state index is 0.250. The van der Waals surface area contributed by atoms with Crippen molar-refractivity contribution in [2.24, 2.45) is 0 Å². The number of hydrogen-bond donors (Lipinski definition) is 2. The van der Waals surface area contributed by atoms with Gasteiger partial charge in [0.25, 0.3) is 11.8 Å². The van der Waals surface area contributed by atoms with Crippen LogP contribution in [0.2, 0.25) is 5.02 Å². The predicted octanol–water partition coefficient (Wildman–Crippen LogP) is 4.23. The summed E-state index contributed by atoms with van der Waals surface area (Å²) in [5.74, 6) is -0.551. The molecule has 2 amide bonds. The second-order valence-corrected chi connectivity index (χ2v) is 6.39. The minimum atomic E-state index is -0.302. The van der Waals surface area contributed by atoms with Crippen molar-refractivity contribution in [2.75, 3.05) is 5.32 Å². The monoisotopic (exact) mass is 379 g/mol. The van der Waals surface area contributed by atoms with E-state index in [1.165, 1.54) is 0 Å². The molecule has 136 valence electrons. The fraction of sp³-hybridized carbons (Fsp3) is 0.0952. The molecule has 3 aromatic rings. The van der Waals surface area contributed by atoms with Gasteiger partial charge in [0.1, 0.15) is 0 Å². The molecule has 0 saturated heterocycles. The lowest BCUT2D eigenvalue weighted by molar-refractivity contribution is 0.0951. The highest BCUT2D eigenvalue weighted by atomic mass is 35.5. The van der Waals surface area contributed by atoms with Crippen LogP contribution < -0.4 is 10.6 Å². The van der Waals surface area contributed by atoms with E-state index in [1.54, 1.807) is 54.9 Å². The summed E-state index contributed by atoms with van der Waals surface area (Å²) in [6, 6.07) is 15.6. The molecule has 0 fully saturated rings. The molecule has 1 heterocycles. The third-order valence-corrected chi connectivity index (χ3v) is 4.51. The van der Waals surface area contributed by atoms with Crippen LogP contribution in [0.25, 0.3) is 0 Å². The van der Waals surface area contributed by atoms with Gasteiger partial charge in [0, 0.05) is 40.8 Å². The maximum Gasteiger partial charge on any atom is 0.255 e. The molecule has 0 radical (unpaired) electrons. The number of halogens is 1. The topological polar surface area (TPSA) is 71.1 Å². The molecule has 0 spiro atoms. The van der Waals surface area contributed by atoms with E-state index in [-0.39, 0.29) is 11.8 Å². The Labute approximate surface area is 162 Å². The van der Waals surface area contributed by atoms with Crippen LogP contribution in [0.3, 0.4) is 0 Å². The minimum Gasteiger partial charge on any atom is -0.348 e. The first kappa shape index (κ1) is 18.6. The van der Waals surface area contributed by atoms with Gasteiger partial charge in [0.05, 0.1) is 0 Å². The molecule has 0 aliphatic carbocycles. The normalized spacial score (nSPS) is 10.3. The molecule has 0 bridgehead atoms. The van der Waals surface area contributed by atoms with Gasteiger partial charge in [-0.25, -0.2) is 0 Å². The zero-order valence-electron chi connectivity index (χ0n) is 14.7. The van der Waals surface area contributed by atoms with Crippen molar-refractivity contribution in [2.45, 2.75) is 13.5 Å². The van der Waals surface area contributed by atoms with Gasteiger partial charge >= 0.3 is 0 Å². The van der Waals surface area contributed by atoms with Gasteiger partial charge in [0.15, 0.2) is 0 Å². The molecule has 0 atom stereocenters. The van der Waals surface area contributed by atoms with Crippen LogP contribution in [0.4, 0.5) is 5.69 Å². The SMILES string of the molecule is Cc1c(Cl)cccc1NC(=O)c1cccc(C(=O)NCc2ccncc2)c1. The second-order valence-electron chi connectivity index (χ2n) is 5.99. The van der Waals surface area contributed by atoms with Gasteiger partial charge in [-0.05, 0) is 60.5 Å². The van der Waals surface area contributed by atoms with Crippen molar-refractivity contribution in [3.8, 4) is 0 Å². The Kier molecular flexibility index (Phi) is 5.84. The molecule has 6 heteroatoms. The van der Waals surface area contributed by atoms with Crippen LogP contribution in [-0.4, -0.2) is 16.8 Å². The summed E-state index contributed by atoms with van der Waals surface area (Å²) in [7, 11) is 0. The summed E-state index contributed by atoms with van der Waals surface area (Å²) < 4.78 is 0. The van der Waals surface area contributed by atoms with Gasteiger partial charge in [-0.15, -0.1) is 0 Å². The van der Waals surface area contributed by atoms with Crippen molar-refractivity contribution in [1.29, 1.82) is 0 Å². The number of pyridine rings is 1. The molecule has 2 aromatic carbocycles. The van der Waals surface area contributed by atoms with Crippen LogP contribution in [0.15, 0.2) is 67.0 Å². The van der Waals surface area contributed by atoms with Crippen molar-refractivity contribution in [3.63, 3.8) is 0 Å². The lowest BCUT2D eigenvalue weighted by Crippen LogP contribution is -2.23. The number of aromatic nitrogens is 1. The van der Waals surface area contributed by atoms with Crippen LogP contribution in [-0.2, 0) is 6.54 Å². The molecule has 0 unspecified atom stereocenters. The second kappa shape index (κ2) is 8.47. The smallest absolute Gasteiger partial charge is 0.255 e.